The SMILES string of the molecule is CCCC(=O)Nc1ccc(OCc2cc(C(=O)NC(C)C)no2)cc1. The number of amides is 2. The third-order valence-corrected chi connectivity index (χ3v) is 3.21. The maximum atomic E-state index is 11.8. The third kappa shape index (κ3) is 5.95. The van der Waals surface area contributed by atoms with Crippen LogP contribution in [0.4, 0.5) is 5.69 Å². The second-order valence-electron chi connectivity index (χ2n) is 5.92. The largest absolute Gasteiger partial charge is 0.486 e. The molecule has 7 nitrogen and oxygen atoms in total. The number of carbonyl (C=O) groups excluding carboxylic acids is 2. The molecule has 0 saturated heterocycles. The van der Waals surface area contributed by atoms with Crippen molar-refractivity contribution in [2.24, 2.45) is 0 Å². The van der Waals surface area contributed by atoms with Gasteiger partial charge in [-0.25, -0.2) is 0 Å². The molecule has 0 aliphatic carbocycles. The van der Waals surface area contributed by atoms with Crippen LogP contribution in [0.1, 0.15) is 49.9 Å². The molecule has 2 aromatic rings. The first-order valence-electron chi connectivity index (χ1n) is 8.27. The summed E-state index contributed by atoms with van der Waals surface area (Å²) in [6.07, 6.45) is 1.30. The van der Waals surface area contributed by atoms with E-state index >= 15 is 0 Å². The van der Waals surface area contributed by atoms with Gasteiger partial charge in [-0.05, 0) is 44.5 Å². The molecule has 0 unspecified atom stereocenters. The molecular weight excluding hydrogens is 322 g/mol. The van der Waals surface area contributed by atoms with Crippen LogP contribution in [-0.4, -0.2) is 23.0 Å². The quantitative estimate of drug-likeness (QED) is 0.766. The minimum absolute atomic E-state index is 0.00923. The summed E-state index contributed by atoms with van der Waals surface area (Å²) in [6, 6.07) is 8.63. The summed E-state index contributed by atoms with van der Waals surface area (Å²) in [5, 5.41) is 9.28. The maximum Gasteiger partial charge on any atom is 0.273 e. The first-order valence-corrected chi connectivity index (χ1v) is 8.27. The Labute approximate surface area is 146 Å². The van der Waals surface area contributed by atoms with E-state index in [4.69, 9.17) is 9.26 Å². The van der Waals surface area contributed by atoms with Gasteiger partial charge in [0.2, 0.25) is 5.91 Å². The Morgan fingerprint density at radius 3 is 2.60 bits per heavy atom. The van der Waals surface area contributed by atoms with E-state index < -0.39 is 0 Å². The van der Waals surface area contributed by atoms with Gasteiger partial charge >= 0.3 is 0 Å². The summed E-state index contributed by atoms with van der Waals surface area (Å²) in [6.45, 7) is 5.86. The van der Waals surface area contributed by atoms with Gasteiger partial charge in [-0.1, -0.05) is 12.1 Å². The second-order valence-corrected chi connectivity index (χ2v) is 5.92. The van der Waals surface area contributed by atoms with Crippen LogP contribution in [0.15, 0.2) is 34.9 Å². The number of ether oxygens (including phenoxy) is 1. The topological polar surface area (TPSA) is 93.5 Å². The van der Waals surface area contributed by atoms with E-state index in [1.54, 1.807) is 30.3 Å². The number of benzene rings is 1. The average Bonchev–Trinajstić information content (AvgIpc) is 3.03. The Morgan fingerprint density at radius 2 is 1.96 bits per heavy atom. The van der Waals surface area contributed by atoms with Crippen LogP contribution in [0.25, 0.3) is 0 Å². The number of anilines is 1. The van der Waals surface area contributed by atoms with Crippen LogP contribution in [-0.2, 0) is 11.4 Å². The zero-order valence-corrected chi connectivity index (χ0v) is 14.7. The first-order chi connectivity index (χ1) is 12.0. The van der Waals surface area contributed by atoms with E-state index in [0.29, 0.717) is 17.9 Å². The van der Waals surface area contributed by atoms with Crippen molar-refractivity contribution in [3.05, 3.63) is 41.8 Å². The Kier molecular flexibility index (Phi) is 6.56. The number of hydrogen-bond acceptors (Lipinski definition) is 5. The minimum atomic E-state index is -0.280. The Morgan fingerprint density at radius 1 is 1.24 bits per heavy atom. The molecule has 0 fully saturated rings. The molecule has 0 radical (unpaired) electrons. The van der Waals surface area contributed by atoms with E-state index in [1.165, 1.54) is 0 Å². The summed E-state index contributed by atoms with van der Waals surface area (Å²) < 4.78 is 10.7. The molecule has 25 heavy (non-hydrogen) atoms. The molecule has 7 heteroatoms. The Balaban J connectivity index is 1.86. The normalized spacial score (nSPS) is 10.6. The number of aromatic nitrogens is 1. The molecule has 2 N–H and O–H groups in total. The molecule has 0 atom stereocenters. The van der Waals surface area contributed by atoms with Gasteiger partial charge in [-0.2, -0.15) is 0 Å². The number of nitrogens with zero attached hydrogens (tertiary/aromatic N) is 1. The zero-order valence-electron chi connectivity index (χ0n) is 14.7. The van der Waals surface area contributed by atoms with E-state index in [-0.39, 0.29) is 30.2 Å². The lowest BCUT2D eigenvalue weighted by molar-refractivity contribution is -0.116. The van der Waals surface area contributed by atoms with Gasteiger partial charge in [0.15, 0.2) is 11.5 Å². The molecule has 2 amide bonds. The highest BCUT2D eigenvalue weighted by Gasteiger charge is 2.13. The number of hydrogen-bond donors (Lipinski definition) is 2. The van der Waals surface area contributed by atoms with E-state index in [2.05, 4.69) is 15.8 Å². The van der Waals surface area contributed by atoms with Crippen molar-refractivity contribution in [2.75, 3.05) is 5.32 Å². The van der Waals surface area contributed by atoms with Crippen molar-refractivity contribution in [3.8, 4) is 5.75 Å². The van der Waals surface area contributed by atoms with Crippen molar-refractivity contribution in [1.82, 2.24) is 10.5 Å². The Hall–Kier alpha value is -2.83. The van der Waals surface area contributed by atoms with Crippen molar-refractivity contribution >= 4 is 17.5 Å². The number of nitrogens with one attached hydrogen (secondary N) is 2. The smallest absolute Gasteiger partial charge is 0.273 e. The molecule has 0 saturated carbocycles. The van der Waals surface area contributed by atoms with Gasteiger partial charge in [0.25, 0.3) is 5.91 Å². The van der Waals surface area contributed by atoms with Gasteiger partial charge < -0.3 is 19.9 Å². The standard InChI is InChI=1S/C18H23N3O4/c1-4-5-17(22)20-13-6-8-14(9-7-13)24-11-15-10-16(21-25-15)18(23)19-12(2)3/h6-10,12H,4-5,11H2,1-3H3,(H,19,23)(H,20,22). The highest BCUT2D eigenvalue weighted by atomic mass is 16.5. The molecule has 1 heterocycles. The van der Waals surface area contributed by atoms with E-state index in [1.807, 2.05) is 20.8 Å². The summed E-state index contributed by atoms with van der Waals surface area (Å²) in [5.41, 5.74) is 0.944. The summed E-state index contributed by atoms with van der Waals surface area (Å²) in [7, 11) is 0. The van der Waals surface area contributed by atoms with Crippen molar-refractivity contribution < 1.29 is 18.8 Å². The molecule has 0 bridgehead atoms. The molecule has 0 aliphatic rings. The average molecular weight is 345 g/mol. The number of rotatable bonds is 8. The molecule has 2 rings (SSSR count). The van der Waals surface area contributed by atoms with Crippen molar-refractivity contribution in [1.29, 1.82) is 0 Å². The van der Waals surface area contributed by atoms with Crippen LogP contribution >= 0.6 is 0 Å². The van der Waals surface area contributed by atoms with E-state index in [0.717, 1.165) is 12.1 Å². The fraction of sp³-hybridized carbons (Fsp3) is 0.389. The van der Waals surface area contributed by atoms with Gasteiger partial charge in [0.1, 0.15) is 12.4 Å². The van der Waals surface area contributed by atoms with Crippen molar-refractivity contribution in [2.45, 2.75) is 46.3 Å². The first kappa shape index (κ1) is 18.5. The van der Waals surface area contributed by atoms with Crippen LogP contribution < -0.4 is 15.4 Å². The molecule has 1 aromatic heterocycles. The van der Waals surface area contributed by atoms with Crippen LogP contribution in [0.2, 0.25) is 0 Å². The molecule has 1 aromatic carbocycles. The molecule has 0 spiro atoms. The number of carbonyl (C=O) groups is 2. The highest BCUT2D eigenvalue weighted by Crippen LogP contribution is 2.17. The monoisotopic (exact) mass is 345 g/mol. The molecular formula is C18H23N3O4. The minimum Gasteiger partial charge on any atom is -0.486 e. The van der Waals surface area contributed by atoms with Gasteiger partial charge in [-0.15, -0.1) is 0 Å². The van der Waals surface area contributed by atoms with Gasteiger partial charge in [0.05, 0.1) is 0 Å². The highest BCUT2D eigenvalue weighted by molar-refractivity contribution is 5.92. The van der Waals surface area contributed by atoms with Gasteiger partial charge in [-0.3, -0.25) is 9.59 Å². The van der Waals surface area contributed by atoms with Crippen molar-refractivity contribution in [3.63, 3.8) is 0 Å². The van der Waals surface area contributed by atoms with E-state index in [9.17, 15) is 9.59 Å². The lowest BCUT2D eigenvalue weighted by Crippen LogP contribution is -2.30. The fourth-order valence-corrected chi connectivity index (χ4v) is 2.06. The summed E-state index contributed by atoms with van der Waals surface area (Å²) in [4.78, 5) is 23.3. The van der Waals surface area contributed by atoms with Crippen LogP contribution in [0.5, 0.6) is 5.75 Å². The lowest BCUT2D eigenvalue weighted by Gasteiger charge is -2.07. The predicted molar refractivity (Wildman–Crippen MR) is 93.4 cm³/mol. The van der Waals surface area contributed by atoms with Crippen LogP contribution in [0, 0.1) is 0 Å². The third-order valence-electron chi connectivity index (χ3n) is 3.21. The lowest BCUT2D eigenvalue weighted by atomic mass is 10.2. The van der Waals surface area contributed by atoms with Crippen LogP contribution in [0.3, 0.4) is 0 Å². The summed E-state index contributed by atoms with van der Waals surface area (Å²) >= 11 is 0. The molecule has 134 valence electrons. The fourth-order valence-electron chi connectivity index (χ4n) is 2.06. The zero-order chi connectivity index (χ0) is 18.2. The second kappa shape index (κ2) is 8.86. The Bertz CT molecular complexity index is 707. The van der Waals surface area contributed by atoms with Gasteiger partial charge in [0, 0.05) is 24.2 Å². The summed E-state index contributed by atoms with van der Waals surface area (Å²) in [5.74, 6) is 0.787. The molecule has 0 aliphatic heterocycles. The predicted octanol–water partition coefficient (Wildman–Crippen LogP) is 3.13. The maximum absolute atomic E-state index is 11.8.